The molecule has 1 aliphatic rings. The first-order valence-corrected chi connectivity index (χ1v) is 8.14. The first-order valence-electron chi connectivity index (χ1n) is 7.76. The van der Waals surface area contributed by atoms with Gasteiger partial charge in [0.1, 0.15) is 5.82 Å². The van der Waals surface area contributed by atoms with Gasteiger partial charge < -0.3 is 9.42 Å². The highest BCUT2D eigenvalue weighted by Gasteiger charge is 2.35. The maximum absolute atomic E-state index is 13.1. The minimum Gasteiger partial charge on any atom is -0.339 e. The largest absolute Gasteiger partial charge is 0.339 e. The number of nitrogens with zero attached hydrogens (tertiary/aromatic N) is 3. The molecule has 2 heterocycles. The highest BCUT2D eigenvalue weighted by atomic mass is 35.5. The molecule has 3 aromatic rings. The number of halogens is 2. The molecule has 2 aromatic carbocycles. The molecule has 4 rings (SSSR count). The van der Waals surface area contributed by atoms with Gasteiger partial charge in [-0.25, -0.2) is 4.39 Å². The average Bonchev–Trinajstić information content (AvgIpc) is 3.23. The summed E-state index contributed by atoms with van der Waals surface area (Å²) in [5.41, 5.74) is 1.33. The van der Waals surface area contributed by atoms with Gasteiger partial charge in [-0.05, 0) is 36.4 Å². The summed E-state index contributed by atoms with van der Waals surface area (Å²) in [6.07, 6.45) is 0.265. The molecule has 1 saturated heterocycles. The second-order valence-electron chi connectivity index (χ2n) is 5.82. The minimum absolute atomic E-state index is 0.0610. The number of anilines is 1. The van der Waals surface area contributed by atoms with Crippen LogP contribution in [0.25, 0.3) is 11.4 Å². The van der Waals surface area contributed by atoms with E-state index in [0.717, 1.165) is 0 Å². The summed E-state index contributed by atoms with van der Waals surface area (Å²) in [6, 6.07) is 13.0. The Morgan fingerprint density at radius 3 is 2.68 bits per heavy atom. The van der Waals surface area contributed by atoms with Gasteiger partial charge in [0.25, 0.3) is 0 Å². The summed E-state index contributed by atoms with van der Waals surface area (Å²) in [5.74, 6) is 0.185. The monoisotopic (exact) mass is 357 g/mol. The van der Waals surface area contributed by atoms with E-state index in [-0.39, 0.29) is 24.1 Å². The van der Waals surface area contributed by atoms with Crippen molar-refractivity contribution in [1.82, 2.24) is 10.1 Å². The van der Waals surface area contributed by atoms with Gasteiger partial charge in [-0.3, -0.25) is 4.79 Å². The van der Waals surface area contributed by atoms with Crippen LogP contribution in [0.5, 0.6) is 0 Å². The van der Waals surface area contributed by atoms with Crippen molar-refractivity contribution in [3.8, 4) is 11.4 Å². The van der Waals surface area contributed by atoms with E-state index in [0.29, 0.717) is 34.5 Å². The standard InChI is InChI=1S/C18H13ClFN3O2/c19-15-4-2-1-3-14(15)17-21-18(25-22-17)11-9-16(24)23(10-11)13-7-5-12(20)6-8-13/h1-8,11H,9-10H2. The van der Waals surface area contributed by atoms with Gasteiger partial charge in [-0.2, -0.15) is 4.98 Å². The van der Waals surface area contributed by atoms with Crippen LogP contribution in [-0.4, -0.2) is 22.6 Å². The number of carbonyl (C=O) groups excluding carboxylic acids is 1. The molecule has 1 amide bonds. The van der Waals surface area contributed by atoms with Crippen LogP contribution in [-0.2, 0) is 4.79 Å². The smallest absolute Gasteiger partial charge is 0.232 e. The highest BCUT2D eigenvalue weighted by molar-refractivity contribution is 6.33. The minimum atomic E-state index is -0.340. The Labute approximate surface area is 148 Å². The fourth-order valence-corrected chi connectivity index (χ4v) is 3.12. The van der Waals surface area contributed by atoms with Crippen LogP contribution in [0.3, 0.4) is 0 Å². The van der Waals surface area contributed by atoms with E-state index in [9.17, 15) is 9.18 Å². The third kappa shape index (κ3) is 3.00. The summed E-state index contributed by atoms with van der Waals surface area (Å²) in [7, 11) is 0. The number of hydrogen-bond donors (Lipinski definition) is 0. The van der Waals surface area contributed by atoms with Gasteiger partial charge in [0.2, 0.25) is 17.6 Å². The molecular formula is C18H13ClFN3O2. The van der Waals surface area contributed by atoms with Crippen LogP contribution in [0.15, 0.2) is 53.1 Å². The molecule has 1 fully saturated rings. The van der Waals surface area contributed by atoms with Crippen molar-refractivity contribution >= 4 is 23.2 Å². The fourth-order valence-electron chi connectivity index (χ4n) is 2.90. The second kappa shape index (κ2) is 6.29. The van der Waals surface area contributed by atoms with Gasteiger partial charge in [0, 0.05) is 24.2 Å². The summed E-state index contributed by atoms with van der Waals surface area (Å²) < 4.78 is 18.4. The summed E-state index contributed by atoms with van der Waals surface area (Å²) in [4.78, 5) is 18.3. The van der Waals surface area contributed by atoms with Crippen LogP contribution in [0.1, 0.15) is 18.2 Å². The van der Waals surface area contributed by atoms with Gasteiger partial charge in [-0.1, -0.05) is 28.9 Å². The predicted molar refractivity (Wildman–Crippen MR) is 90.9 cm³/mol. The molecule has 1 aromatic heterocycles. The molecule has 0 bridgehead atoms. The van der Waals surface area contributed by atoms with Crippen LogP contribution in [0.2, 0.25) is 5.02 Å². The lowest BCUT2D eigenvalue weighted by Gasteiger charge is -2.15. The lowest BCUT2D eigenvalue weighted by molar-refractivity contribution is -0.117. The first-order chi connectivity index (χ1) is 12.1. The molecule has 0 spiro atoms. The molecule has 1 aliphatic heterocycles. The van der Waals surface area contributed by atoms with Crippen molar-refractivity contribution in [3.63, 3.8) is 0 Å². The van der Waals surface area contributed by atoms with Gasteiger partial charge >= 0.3 is 0 Å². The first kappa shape index (κ1) is 15.8. The molecule has 5 nitrogen and oxygen atoms in total. The lowest BCUT2D eigenvalue weighted by atomic mass is 10.1. The zero-order valence-electron chi connectivity index (χ0n) is 13.0. The topological polar surface area (TPSA) is 59.2 Å². The maximum Gasteiger partial charge on any atom is 0.232 e. The van der Waals surface area contributed by atoms with Gasteiger partial charge in [0.15, 0.2) is 0 Å². The van der Waals surface area contributed by atoms with Crippen molar-refractivity contribution in [3.05, 3.63) is 65.3 Å². The second-order valence-corrected chi connectivity index (χ2v) is 6.23. The van der Waals surface area contributed by atoms with Crippen molar-refractivity contribution in [2.24, 2.45) is 0 Å². The zero-order chi connectivity index (χ0) is 17.4. The summed E-state index contributed by atoms with van der Waals surface area (Å²) in [6.45, 7) is 0.411. The quantitative estimate of drug-likeness (QED) is 0.709. The number of carbonyl (C=O) groups is 1. The van der Waals surface area contributed by atoms with E-state index in [4.69, 9.17) is 16.1 Å². The SMILES string of the molecule is O=C1CC(c2nc(-c3ccccc3Cl)no2)CN1c1ccc(F)cc1. The Balaban J connectivity index is 1.57. The Hall–Kier alpha value is -2.73. The van der Waals surface area contributed by atoms with Crippen LogP contribution < -0.4 is 4.90 Å². The molecule has 1 atom stereocenters. The Kier molecular flexibility index (Phi) is 3.97. The van der Waals surface area contributed by atoms with Crippen molar-refractivity contribution < 1.29 is 13.7 Å². The summed E-state index contributed by atoms with van der Waals surface area (Å²) >= 11 is 6.15. The Morgan fingerprint density at radius 1 is 1.16 bits per heavy atom. The van der Waals surface area contributed by atoms with Crippen molar-refractivity contribution in [2.75, 3.05) is 11.4 Å². The third-order valence-corrected chi connectivity index (χ3v) is 4.50. The van der Waals surface area contributed by atoms with E-state index in [1.54, 1.807) is 23.1 Å². The van der Waals surface area contributed by atoms with Crippen LogP contribution in [0.4, 0.5) is 10.1 Å². The maximum atomic E-state index is 13.1. The molecule has 25 heavy (non-hydrogen) atoms. The molecule has 7 heteroatoms. The highest BCUT2D eigenvalue weighted by Crippen LogP contribution is 2.33. The zero-order valence-corrected chi connectivity index (χ0v) is 13.8. The van der Waals surface area contributed by atoms with E-state index >= 15 is 0 Å². The number of aromatic nitrogens is 2. The van der Waals surface area contributed by atoms with E-state index in [1.807, 2.05) is 18.2 Å². The molecule has 0 aliphatic carbocycles. The van der Waals surface area contributed by atoms with Gasteiger partial charge in [0.05, 0.1) is 10.9 Å². The lowest BCUT2D eigenvalue weighted by Crippen LogP contribution is -2.24. The Bertz CT molecular complexity index is 926. The molecule has 0 N–H and O–H groups in total. The van der Waals surface area contributed by atoms with Crippen molar-refractivity contribution in [1.29, 1.82) is 0 Å². The summed E-state index contributed by atoms with van der Waals surface area (Å²) in [5, 5.41) is 4.51. The molecule has 0 saturated carbocycles. The predicted octanol–water partition coefficient (Wildman–Crippen LogP) is 4.05. The number of amides is 1. The molecule has 0 radical (unpaired) electrons. The van der Waals surface area contributed by atoms with Crippen LogP contribution >= 0.6 is 11.6 Å². The number of benzene rings is 2. The Morgan fingerprint density at radius 2 is 1.92 bits per heavy atom. The average molecular weight is 358 g/mol. The van der Waals surface area contributed by atoms with E-state index in [2.05, 4.69) is 10.1 Å². The fraction of sp³-hybridized carbons (Fsp3) is 0.167. The number of rotatable bonds is 3. The molecule has 126 valence electrons. The van der Waals surface area contributed by atoms with E-state index < -0.39 is 0 Å². The normalized spacial score (nSPS) is 17.3. The van der Waals surface area contributed by atoms with E-state index in [1.165, 1.54) is 12.1 Å². The third-order valence-electron chi connectivity index (χ3n) is 4.17. The van der Waals surface area contributed by atoms with Gasteiger partial charge in [-0.15, -0.1) is 0 Å². The molecular weight excluding hydrogens is 345 g/mol. The molecule has 1 unspecified atom stereocenters. The van der Waals surface area contributed by atoms with Crippen molar-refractivity contribution in [2.45, 2.75) is 12.3 Å². The number of hydrogen-bond acceptors (Lipinski definition) is 4. The van der Waals surface area contributed by atoms with Crippen LogP contribution in [0, 0.1) is 5.82 Å².